The van der Waals surface area contributed by atoms with Gasteiger partial charge in [0.2, 0.25) is 0 Å². The van der Waals surface area contributed by atoms with E-state index in [1.807, 2.05) is 6.07 Å². The summed E-state index contributed by atoms with van der Waals surface area (Å²) in [5, 5.41) is 8.66. The highest BCUT2D eigenvalue weighted by atomic mass is 16.5. The zero-order valence-corrected chi connectivity index (χ0v) is 9.62. The van der Waals surface area contributed by atoms with Gasteiger partial charge in [-0.05, 0) is 43.4 Å². The van der Waals surface area contributed by atoms with Crippen molar-refractivity contribution in [2.75, 3.05) is 13.7 Å². The lowest BCUT2D eigenvalue weighted by Gasteiger charge is -2.07. The van der Waals surface area contributed by atoms with Crippen LogP contribution in [0.2, 0.25) is 0 Å². The fraction of sp³-hybridized carbons (Fsp3) is 0.538. The fourth-order valence-electron chi connectivity index (χ4n) is 1.71. The Kier molecular flexibility index (Phi) is 5.19. The van der Waals surface area contributed by atoms with E-state index >= 15 is 0 Å². The molecule has 0 aliphatic carbocycles. The van der Waals surface area contributed by atoms with Crippen LogP contribution in [0.25, 0.3) is 0 Å². The minimum absolute atomic E-state index is 0.307. The maximum atomic E-state index is 8.66. The molecule has 2 nitrogen and oxygen atoms in total. The zero-order chi connectivity index (χ0) is 11.1. The Balaban J connectivity index is 2.45. The van der Waals surface area contributed by atoms with Crippen molar-refractivity contribution >= 4 is 0 Å². The molecule has 84 valence electrons. The van der Waals surface area contributed by atoms with Crippen LogP contribution < -0.4 is 4.74 Å². The molecule has 0 saturated heterocycles. The highest BCUT2D eigenvalue weighted by Gasteiger charge is 1.99. The highest BCUT2D eigenvalue weighted by Crippen LogP contribution is 2.19. The van der Waals surface area contributed by atoms with Gasteiger partial charge >= 0.3 is 0 Å². The number of methoxy groups -OCH3 is 1. The summed E-state index contributed by atoms with van der Waals surface area (Å²) in [7, 11) is 1.70. The maximum Gasteiger partial charge on any atom is 0.121 e. The molecule has 0 atom stereocenters. The molecule has 0 spiro atoms. The smallest absolute Gasteiger partial charge is 0.121 e. The molecule has 0 heterocycles. The molecule has 1 N–H and O–H groups in total. The van der Waals surface area contributed by atoms with E-state index in [1.54, 1.807) is 7.11 Å². The minimum atomic E-state index is 0.307. The average molecular weight is 208 g/mol. The van der Waals surface area contributed by atoms with Crippen LogP contribution in [0.3, 0.4) is 0 Å². The summed E-state index contributed by atoms with van der Waals surface area (Å²) in [4.78, 5) is 0. The van der Waals surface area contributed by atoms with Crippen molar-refractivity contribution < 1.29 is 9.84 Å². The van der Waals surface area contributed by atoms with Crippen molar-refractivity contribution in [1.82, 2.24) is 0 Å². The third-order valence-corrected chi connectivity index (χ3v) is 2.58. The third kappa shape index (κ3) is 3.92. The van der Waals surface area contributed by atoms with Crippen molar-refractivity contribution in [3.8, 4) is 5.75 Å². The second kappa shape index (κ2) is 6.46. The van der Waals surface area contributed by atoms with Gasteiger partial charge < -0.3 is 9.84 Å². The molecule has 0 radical (unpaired) electrons. The van der Waals surface area contributed by atoms with Gasteiger partial charge in [-0.15, -0.1) is 0 Å². The number of aliphatic hydroxyl groups is 1. The second-order valence-corrected chi connectivity index (χ2v) is 3.84. The molecule has 0 aromatic heterocycles. The first-order valence-corrected chi connectivity index (χ1v) is 5.52. The maximum absolute atomic E-state index is 8.66. The SMILES string of the molecule is COc1ccc(CCCCCO)cc1C. The first kappa shape index (κ1) is 12.1. The number of unbranched alkanes of at least 4 members (excludes halogenated alkanes) is 2. The Morgan fingerprint density at radius 1 is 1.20 bits per heavy atom. The molecule has 1 rings (SSSR count). The fourth-order valence-corrected chi connectivity index (χ4v) is 1.71. The van der Waals surface area contributed by atoms with Gasteiger partial charge in [-0.25, -0.2) is 0 Å². The van der Waals surface area contributed by atoms with E-state index in [2.05, 4.69) is 19.1 Å². The molecule has 0 aliphatic heterocycles. The number of ether oxygens (including phenoxy) is 1. The van der Waals surface area contributed by atoms with Crippen LogP contribution in [0, 0.1) is 6.92 Å². The van der Waals surface area contributed by atoms with Crippen molar-refractivity contribution in [1.29, 1.82) is 0 Å². The number of hydrogen-bond donors (Lipinski definition) is 1. The van der Waals surface area contributed by atoms with Gasteiger partial charge in [0.15, 0.2) is 0 Å². The summed E-state index contributed by atoms with van der Waals surface area (Å²) in [6.45, 7) is 2.37. The molecule has 2 heteroatoms. The summed E-state index contributed by atoms with van der Waals surface area (Å²) >= 11 is 0. The lowest BCUT2D eigenvalue weighted by atomic mass is 10.0. The van der Waals surface area contributed by atoms with E-state index in [0.717, 1.165) is 31.4 Å². The Hall–Kier alpha value is -1.02. The summed E-state index contributed by atoms with van der Waals surface area (Å²) < 4.78 is 5.21. The highest BCUT2D eigenvalue weighted by molar-refractivity contribution is 5.36. The van der Waals surface area contributed by atoms with E-state index in [0.29, 0.717) is 6.61 Å². The van der Waals surface area contributed by atoms with Crippen LogP contribution in [0.1, 0.15) is 30.4 Å². The Labute approximate surface area is 91.9 Å². The Bertz CT molecular complexity index is 295. The van der Waals surface area contributed by atoms with Crippen molar-refractivity contribution in [2.45, 2.75) is 32.6 Å². The van der Waals surface area contributed by atoms with Crippen LogP contribution in [0.15, 0.2) is 18.2 Å². The van der Waals surface area contributed by atoms with E-state index < -0.39 is 0 Å². The van der Waals surface area contributed by atoms with Gasteiger partial charge in [0.05, 0.1) is 7.11 Å². The standard InChI is InChI=1S/C13H20O2/c1-11-10-12(6-4-3-5-9-14)7-8-13(11)15-2/h7-8,10,14H,3-6,9H2,1-2H3. The predicted molar refractivity (Wildman–Crippen MR) is 62.4 cm³/mol. The molecule has 0 aliphatic rings. The molecular formula is C13H20O2. The number of rotatable bonds is 6. The van der Waals surface area contributed by atoms with Gasteiger partial charge in [-0.2, -0.15) is 0 Å². The van der Waals surface area contributed by atoms with E-state index in [1.165, 1.54) is 11.1 Å². The van der Waals surface area contributed by atoms with Crippen LogP contribution in [-0.4, -0.2) is 18.8 Å². The van der Waals surface area contributed by atoms with Gasteiger partial charge in [-0.1, -0.05) is 18.6 Å². The quantitative estimate of drug-likeness (QED) is 0.728. The Morgan fingerprint density at radius 3 is 2.60 bits per heavy atom. The lowest BCUT2D eigenvalue weighted by Crippen LogP contribution is -1.91. The van der Waals surface area contributed by atoms with Crippen LogP contribution in [0.4, 0.5) is 0 Å². The largest absolute Gasteiger partial charge is 0.496 e. The third-order valence-electron chi connectivity index (χ3n) is 2.58. The molecular weight excluding hydrogens is 188 g/mol. The van der Waals surface area contributed by atoms with Gasteiger partial charge in [0.1, 0.15) is 5.75 Å². The van der Waals surface area contributed by atoms with Crippen molar-refractivity contribution in [2.24, 2.45) is 0 Å². The lowest BCUT2D eigenvalue weighted by molar-refractivity contribution is 0.283. The molecule has 0 amide bonds. The first-order valence-electron chi connectivity index (χ1n) is 5.52. The molecule has 0 saturated carbocycles. The molecule has 15 heavy (non-hydrogen) atoms. The zero-order valence-electron chi connectivity index (χ0n) is 9.62. The van der Waals surface area contributed by atoms with E-state index in [-0.39, 0.29) is 0 Å². The van der Waals surface area contributed by atoms with Gasteiger partial charge in [0.25, 0.3) is 0 Å². The van der Waals surface area contributed by atoms with Gasteiger partial charge in [-0.3, -0.25) is 0 Å². The topological polar surface area (TPSA) is 29.5 Å². The number of aryl methyl sites for hydroxylation is 2. The van der Waals surface area contributed by atoms with Gasteiger partial charge in [0, 0.05) is 6.61 Å². The van der Waals surface area contributed by atoms with Crippen molar-refractivity contribution in [3.63, 3.8) is 0 Å². The summed E-state index contributed by atoms with van der Waals surface area (Å²) in [5.74, 6) is 0.953. The normalized spacial score (nSPS) is 10.3. The van der Waals surface area contributed by atoms with Crippen LogP contribution in [0.5, 0.6) is 5.75 Å². The predicted octanol–water partition coefficient (Wildman–Crippen LogP) is 2.71. The molecule has 0 fully saturated rings. The Morgan fingerprint density at radius 2 is 2.00 bits per heavy atom. The number of benzene rings is 1. The number of aliphatic hydroxyl groups excluding tert-OH is 1. The second-order valence-electron chi connectivity index (χ2n) is 3.84. The minimum Gasteiger partial charge on any atom is -0.496 e. The van der Waals surface area contributed by atoms with Crippen LogP contribution >= 0.6 is 0 Å². The monoisotopic (exact) mass is 208 g/mol. The summed E-state index contributed by atoms with van der Waals surface area (Å²) in [5.41, 5.74) is 2.54. The summed E-state index contributed by atoms with van der Waals surface area (Å²) in [6, 6.07) is 6.32. The molecule has 1 aromatic carbocycles. The first-order chi connectivity index (χ1) is 7.27. The summed E-state index contributed by atoms with van der Waals surface area (Å²) in [6.07, 6.45) is 4.24. The van der Waals surface area contributed by atoms with E-state index in [9.17, 15) is 0 Å². The number of hydrogen-bond acceptors (Lipinski definition) is 2. The van der Waals surface area contributed by atoms with E-state index in [4.69, 9.17) is 9.84 Å². The average Bonchev–Trinajstić information content (AvgIpc) is 2.25. The van der Waals surface area contributed by atoms with Crippen molar-refractivity contribution in [3.05, 3.63) is 29.3 Å². The van der Waals surface area contributed by atoms with Crippen LogP contribution in [-0.2, 0) is 6.42 Å². The molecule has 0 bridgehead atoms. The molecule has 0 unspecified atom stereocenters. The molecule has 1 aromatic rings.